The van der Waals surface area contributed by atoms with Crippen LogP contribution >= 0.6 is 22.9 Å². The van der Waals surface area contributed by atoms with Gasteiger partial charge in [-0.15, -0.1) is 11.3 Å². The number of hydrogen-bond donors (Lipinski definition) is 2. The fraction of sp³-hybridized carbons (Fsp3) is 0.136. The number of hydrogen-bond acceptors (Lipinski definition) is 6. The molecule has 32 heavy (non-hydrogen) atoms. The van der Waals surface area contributed by atoms with Gasteiger partial charge >= 0.3 is 5.97 Å². The van der Waals surface area contributed by atoms with Gasteiger partial charge in [0.1, 0.15) is 0 Å². The first-order valence-electron chi connectivity index (χ1n) is 9.39. The summed E-state index contributed by atoms with van der Waals surface area (Å²) < 4.78 is 11.4. The van der Waals surface area contributed by atoms with E-state index in [2.05, 4.69) is 5.32 Å². The largest absolute Gasteiger partial charge is 0.493 e. The summed E-state index contributed by atoms with van der Waals surface area (Å²) in [5.41, 5.74) is 1.14. The summed E-state index contributed by atoms with van der Waals surface area (Å²) in [5.74, 6) is -1.16. The molecule has 0 radical (unpaired) electrons. The number of nitrogens with one attached hydrogen (secondary N) is 1. The Kier molecular flexibility index (Phi) is 6.02. The summed E-state index contributed by atoms with van der Waals surface area (Å²) in [6, 6.07) is 13.2. The number of methoxy groups -OCH3 is 1. The number of carboxylic acid groups (broad SMARTS) is 1. The second-order valence-electron chi connectivity index (χ2n) is 6.78. The Labute approximate surface area is 191 Å². The fourth-order valence-electron chi connectivity index (χ4n) is 3.26. The highest BCUT2D eigenvalue weighted by atomic mass is 35.5. The van der Waals surface area contributed by atoms with Gasteiger partial charge in [0.05, 0.1) is 17.0 Å². The van der Waals surface area contributed by atoms with Crippen LogP contribution in [0, 0.1) is 0 Å². The third-order valence-corrected chi connectivity index (χ3v) is 6.15. The summed E-state index contributed by atoms with van der Waals surface area (Å²) in [7, 11) is 1.50. The molecule has 2 aromatic carbocycles. The molecule has 8 nitrogen and oxygen atoms in total. The van der Waals surface area contributed by atoms with Crippen LogP contribution in [-0.4, -0.2) is 36.7 Å². The number of anilines is 1. The van der Waals surface area contributed by atoms with Gasteiger partial charge in [-0.05, 0) is 48.5 Å². The Morgan fingerprint density at radius 2 is 1.94 bits per heavy atom. The molecule has 1 aliphatic heterocycles. The molecular weight excluding hydrogens is 456 g/mol. The number of fused-ring (bicyclic) bond motifs is 1. The van der Waals surface area contributed by atoms with E-state index in [0.717, 1.165) is 11.3 Å². The summed E-state index contributed by atoms with van der Waals surface area (Å²) >= 11 is 6.96. The lowest BCUT2D eigenvalue weighted by Gasteiger charge is -2.29. The highest BCUT2D eigenvalue weighted by Crippen LogP contribution is 2.36. The molecule has 1 unspecified atom stereocenters. The maximum Gasteiger partial charge on any atom is 0.331 e. The number of nitrogens with zero attached hydrogens (tertiary/aromatic N) is 1. The van der Waals surface area contributed by atoms with E-state index in [1.165, 1.54) is 24.1 Å². The Bertz CT molecular complexity index is 1190. The van der Waals surface area contributed by atoms with Crippen molar-refractivity contribution in [2.45, 2.75) is 6.04 Å². The van der Waals surface area contributed by atoms with E-state index in [4.69, 9.17) is 21.1 Å². The lowest BCUT2D eigenvalue weighted by Crippen LogP contribution is -2.38. The molecule has 10 heteroatoms. The highest BCUT2D eigenvalue weighted by molar-refractivity contribution is 7.16. The molecule has 164 valence electrons. The van der Waals surface area contributed by atoms with Crippen LogP contribution in [0.5, 0.6) is 11.5 Å². The van der Waals surface area contributed by atoms with Crippen LogP contribution in [0.1, 0.15) is 31.6 Å². The average molecular weight is 473 g/mol. The first kappa shape index (κ1) is 21.7. The molecular formula is C22H17ClN2O6S. The van der Waals surface area contributed by atoms with E-state index in [1.807, 2.05) is 0 Å². The molecule has 1 atom stereocenters. The minimum atomic E-state index is -1.22. The number of benzene rings is 2. The molecule has 0 bridgehead atoms. The van der Waals surface area contributed by atoms with Crippen molar-refractivity contribution in [2.75, 3.05) is 18.7 Å². The Morgan fingerprint density at radius 1 is 1.19 bits per heavy atom. The van der Waals surface area contributed by atoms with Gasteiger partial charge in [0.15, 0.2) is 24.3 Å². The van der Waals surface area contributed by atoms with Crippen LogP contribution in [0.2, 0.25) is 4.34 Å². The Balaban J connectivity index is 1.51. The number of para-hydroxylation sites is 1. The number of aliphatic carboxylic acids is 1. The maximum absolute atomic E-state index is 12.9. The second kappa shape index (κ2) is 8.89. The van der Waals surface area contributed by atoms with Gasteiger partial charge in [-0.2, -0.15) is 0 Å². The van der Waals surface area contributed by atoms with Gasteiger partial charge < -0.3 is 19.9 Å². The van der Waals surface area contributed by atoms with Gasteiger partial charge in [-0.3, -0.25) is 14.5 Å². The van der Waals surface area contributed by atoms with Crippen LogP contribution in [0.4, 0.5) is 5.69 Å². The first-order chi connectivity index (χ1) is 15.4. The molecule has 2 N–H and O–H groups in total. The Morgan fingerprint density at radius 3 is 2.56 bits per heavy atom. The molecule has 0 spiro atoms. The average Bonchev–Trinajstić information content (AvgIpc) is 3.23. The third kappa shape index (κ3) is 4.12. The molecule has 0 saturated heterocycles. The number of amides is 2. The number of thiophene rings is 1. The molecule has 0 aliphatic carbocycles. The van der Waals surface area contributed by atoms with E-state index in [0.29, 0.717) is 32.0 Å². The van der Waals surface area contributed by atoms with Gasteiger partial charge in [0.25, 0.3) is 11.8 Å². The molecule has 2 amide bonds. The van der Waals surface area contributed by atoms with Crippen molar-refractivity contribution in [1.29, 1.82) is 0 Å². The monoisotopic (exact) mass is 472 g/mol. The van der Waals surface area contributed by atoms with Crippen molar-refractivity contribution in [3.63, 3.8) is 0 Å². The van der Waals surface area contributed by atoms with Gasteiger partial charge in [-0.25, -0.2) is 4.79 Å². The summed E-state index contributed by atoms with van der Waals surface area (Å²) in [6.45, 7) is -0.0159. The summed E-state index contributed by atoms with van der Waals surface area (Å²) in [4.78, 5) is 39.0. The second-order valence-corrected chi connectivity index (χ2v) is 8.52. The normalized spacial score (nSPS) is 13.7. The molecule has 0 saturated carbocycles. The molecule has 0 fully saturated rings. The van der Waals surface area contributed by atoms with Gasteiger partial charge in [0.2, 0.25) is 0 Å². The van der Waals surface area contributed by atoms with Crippen LogP contribution in [0.15, 0.2) is 54.6 Å². The molecule has 1 aromatic heterocycles. The molecule has 2 heterocycles. The van der Waals surface area contributed by atoms with Crippen molar-refractivity contribution in [2.24, 2.45) is 0 Å². The van der Waals surface area contributed by atoms with Crippen molar-refractivity contribution in [1.82, 2.24) is 5.32 Å². The van der Waals surface area contributed by atoms with Crippen molar-refractivity contribution in [3.05, 3.63) is 74.9 Å². The zero-order valence-corrected chi connectivity index (χ0v) is 18.3. The maximum atomic E-state index is 12.9. The number of rotatable bonds is 6. The minimum absolute atomic E-state index is 0.0159. The summed E-state index contributed by atoms with van der Waals surface area (Å²) in [6.07, 6.45) is 0. The number of carboxylic acids is 1. The van der Waals surface area contributed by atoms with E-state index < -0.39 is 17.9 Å². The number of carbonyl (C=O) groups excluding carboxylic acids is 2. The molecule has 3 aromatic rings. The fourth-order valence-corrected chi connectivity index (χ4v) is 4.37. The zero-order chi connectivity index (χ0) is 22.8. The smallest absolute Gasteiger partial charge is 0.331 e. The minimum Gasteiger partial charge on any atom is -0.493 e. The lowest BCUT2D eigenvalue weighted by molar-refractivity contribution is -0.139. The van der Waals surface area contributed by atoms with Gasteiger partial charge in [-0.1, -0.05) is 17.7 Å². The standard InChI is InChI=1S/C22H17ClN2O6S/c1-30-15-4-2-3-14-19(15)31-11-25(21(14)27)13-7-5-12(6-8-13)20(26)24-18(22(28)29)16-9-10-17(23)32-16/h2-10,18H,11H2,1H3,(H,24,26)(H,28,29). The first-order valence-corrected chi connectivity index (χ1v) is 10.6. The van der Waals surface area contributed by atoms with Crippen molar-refractivity contribution < 1.29 is 29.0 Å². The van der Waals surface area contributed by atoms with Crippen LogP contribution in [0.25, 0.3) is 0 Å². The lowest BCUT2D eigenvalue weighted by atomic mass is 10.1. The summed E-state index contributed by atoms with van der Waals surface area (Å²) in [5, 5.41) is 12.0. The molecule has 4 rings (SSSR count). The van der Waals surface area contributed by atoms with Crippen molar-refractivity contribution in [3.8, 4) is 11.5 Å². The molecule has 1 aliphatic rings. The van der Waals surface area contributed by atoms with E-state index in [-0.39, 0.29) is 18.2 Å². The van der Waals surface area contributed by atoms with Crippen molar-refractivity contribution >= 4 is 46.4 Å². The van der Waals surface area contributed by atoms with Crippen LogP contribution < -0.4 is 19.7 Å². The third-order valence-electron chi connectivity index (χ3n) is 4.85. The SMILES string of the molecule is COc1cccc2c1OCN(c1ccc(C(=O)NC(C(=O)O)c3ccc(Cl)s3)cc1)C2=O. The van der Waals surface area contributed by atoms with Gasteiger partial charge in [0, 0.05) is 16.1 Å². The highest BCUT2D eigenvalue weighted by Gasteiger charge is 2.29. The van der Waals surface area contributed by atoms with E-state index in [1.54, 1.807) is 42.5 Å². The van der Waals surface area contributed by atoms with Crippen LogP contribution in [-0.2, 0) is 4.79 Å². The topological polar surface area (TPSA) is 105 Å². The zero-order valence-electron chi connectivity index (χ0n) is 16.7. The number of carbonyl (C=O) groups is 3. The van der Waals surface area contributed by atoms with Crippen LogP contribution in [0.3, 0.4) is 0 Å². The number of halogens is 1. The Hall–Kier alpha value is -3.56. The quantitative estimate of drug-likeness (QED) is 0.562. The van der Waals surface area contributed by atoms with E-state index >= 15 is 0 Å². The number of ether oxygens (including phenoxy) is 2. The predicted molar refractivity (Wildman–Crippen MR) is 119 cm³/mol. The predicted octanol–water partition coefficient (Wildman–Crippen LogP) is 3.96. The van der Waals surface area contributed by atoms with E-state index in [9.17, 15) is 19.5 Å².